The minimum absolute atomic E-state index is 0.0313. The fourth-order valence-electron chi connectivity index (χ4n) is 6.30. The van der Waals surface area contributed by atoms with E-state index in [0.717, 1.165) is 57.8 Å². The van der Waals surface area contributed by atoms with Gasteiger partial charge in [0.15, 0.2) is 6.10 Å². The molecule has 0 rings (SSSR count). The van der Waals surface area contributed by atoms with Crippen molar-refractivity contribution in [2.45, 2.75) is 213 Å². The van der Waals surface area contributed by atoms with Gasteiger partial charge in [0.25, 0.3) is 0 Å². The number of carbonyl (C=O) groups is 2. The molecule has 1 N–H and O–H groups in total. The number of esters is 2. The fourth-order valence-corrected chi connectivity index (χ4v) is 7.04. The minimum atomic E-state index is -4.37. The summed E-state index contributed by atoms with van der Waals surface area (Å²) in [6.45, 7) is 4.41. The number of likely N-dealkylation sites (N-methyl/N-ethyl adjacent to an activating group) is 1. The summed E-state index contributed by atoms with van der Waals surface area (Å²) >= 11 is 0. The summed E-state index contributed by atoms with van der Waals surface area (Å²) in [7, 11) is 1.48. The van der Waals surface area contributed by atoms with Gasteiger partial charge in [0, 0.05) is 12.8 Å². The Hall–Kier alpha value is -1.51. The van der Waals surface area contributed by atoms with Crippen LogP contribution >= 0.6 is 7.82 Å². The molecular weight excluding hydrogens is 725 g/mol. The highest BCUT2D eigenvalue weighted by Crippen LogP contribution is 2.43. The first-order chi connectivity index (χ1) is 27.0. The number of ether oxygens (including phenoxy) is 2. The first kappa shape index (κ1) is 54.5. The third kappa shape index (κ3) is 42.1. The molecule has 0 aromatic heterocycles. The van der Waals surface area contributed by atoms with Crippen LogP contribution in [0.15, 0.2) is 24.3 Å². The largest absolute Gasteiger partial charge is 0.472 e. The van der Waals surface area contributed by atoms with Gasteiger partial charge in [-0.2, -0.15) is 0 Å². The predicted octanol–water partition coefficient (Wildman–Crippen LogP) is 13.1. The van der Waals surface area contributed by atoms with Gasteiger partial charge in [0.1, 0.15) is 19.8 Å². The molecule has 0 amide bonds. The normalized spacial score (nSPS) is 13.8. The summed E-state index contributed by atoms with van der Waals surface area (Å²) in [6.07, 6.45) is 42.2. The Morgan fingerprint density at radius 3 is 1.34 bits per heavy atom. The van der Waals surface area contributed by atoms with Crippen LogP contribution in [0.4, 0.5) is 0 Å². The molecule has 0 heterocycles. The molecule has 0 aromatic carbocycles. The molecule has 0 radical (unpaired) electrons. The van der Waals surface area contributed by atoms with E-state index in [1.807, 2.05) is 21.1 Å². The summed E-state index contributed by atoms with van der Waals surface area (Å²) < 4.78 is 34.3. The number of hydrogen-bond acceptors (Lipinski definition) is 7. The summed E-state index contributed by atoms with van der Waals surface area (Å²) in [5.74, 6) is -0.805. The molecule has 0 saturated carbocycles. The van der Waals surface area contributed by atoms with E-state index in [1.165, 1.54) is 116 Å². The topological polar surface area (TPSA) is 108 Å². The molecule has 2 atom stereocenters. The molecular formula is C46H89NO8P+. The lowest BCUT2D eigenvalue weighted by molar-refractivity contribution is -0.870. The number of rotatable bonds is 42. The van der Waals surface area contributed by atoms with Gasteiger partial charge in [-0.15, -0.1) is 0 Å². The van der Waals surface area contributed by atoms with Crippen LogP contribution in [-0.4, -0.2) is 74.9 Å². The second kappa shape index (κ2) is 39.0. The molecule has 0 spiro atoms. The molecule has 0 aromatic rings. The Balaban J connectivity index is 4.33. The highest BCUT2D eigenvalue weighted by molar-refractivity contribution is 7.47. The maximum absolute atomic E-state index is 12.7. The van der Waals surface area contributed by atoms with Gasteiger partial charge in [-0.05, 0) is 64.2 Å². The number of nitrogens with zero attached hydrogens (tertiary/aromatic N) is 1. The van der Waals surface area contributed by atoms with E-state index in [9.17, 15) is 19.0 Å². The van der Waals surface area contributed by atoms with Crippen molar-refractivity contribution in [1.29, 1.82) is 0 Å². The number of carbonyl (C=O) groups excluding carboxylic acids is 2. The molecule has 1 unspecified atom stereocenters. The van der Waals surface area contributed by atoms with E-state index in [2.05, 4.69) is 38.2 Å². The monoisotopic (exact) mass is 815 g/mol. The van der Waals surface area contributed by atoms with Crippen LogP contribution < -0.4 is 0 Å². The van der Waals surface area contributed by atoms with Crippen LogP contribution in [0.3, 0.4) is 0 Å². The second-order valence-electron chi connectivity index (χ2n) is 16.8. The minimum Gasteiger partial charge on any atom is -0.462 e. The zero-order chi connectivity index (χ0) is 41.4. The standard InChI is InChI=1S/C46H88NO8P/c1-6-8-10-12-14-16-18-20-22-23-25-27-29-31-33-35-37-39-46(49)55-44(43-54-56(50,51)53-41-40-47(3,4)5)42-52-45(48)38-36-34-32-30-28-26-24-21-19-17-15-13-11-9-7-2/h16,18,21,24,44H,6-15,17,19-20,22-23,25-43H2,1-5H3/p+1/b18-16+,24-21+/t44-/m1/s1. The maximum atomic E-state index is 12.7. The van der Waals surface area contributed by atoms with Crippen LogP contribution in [0, 0.1) is 0 Å². The maximum Gasteiger partial charge on any atom is 0.472 e. The number of phosphoric ester groups is 1. The van der Waals surface area contributed by atoms with E-state index in [0.29, 0.717) is 17.4 Å². The van der Waals surface area contributed by atoms with Gasteiger partial charge in [-0.1, -0.05) is 154 Å². The highest BCUT2D eigenvalue weighted by Gasteiger charge is 2.27. The first-order valence-electron chi connectivity index (χ1n) is 23.1. The van der Waals surface area contributed by atoms with Gasteiger partial charge in [-0.25, -0.2) is 4.57 Å². The number of phosphoric acid groups is 1. The van der Waals surface area contributed by atoms with E-state index >= 15 is 0 Å². The van der Waals surface area contributed by atoms with Crippen LogP contribution in [0.2, 0.25) is 0 Å². The van der Waals surface area contributed by atoms with Crippen molar-refractivity contribution in [1.82, 2.24) is 0 Å². The molecule has 0 bridgehead atoms. The third-order valence-electron chi connectivity index (χ3n) is 9.95. The predicted molar refractivity (Wildman–Crippen MR) is 234 cm³/mol. The van der Waals surface area contributed by atoms with Crippen molar-refractivity contribution in [2.75, 3.05) is 47.5 Å². The fraction of sp³-hybridized carbons (Fsp3) is 0.870. The van der Waals surface area contributed by atoms with Crippen LogP contribution in [0.25, 0.3) is 0 Å². The lowest BCUT2D eigenvalue weighted by Crippen LogP contribution is -2.37. The van der Waals surface area contributed by atoms with E-state index in [4.69, 9.17) is 18.5 Å². The van der Waals surface area contributed by atoms with E-state index < -0.39 is 26.5 Å². The van der Waals surface area contributed by atoms with Gasteiger partial charge in [0.05, 0.1) is 27.7 Å². The molecule has 10 heteroatoms. The second-order valence-corrected chi connectivity index (χ2v) is 18.2. The van der Waals surface area contributed by atoms with Gasteiger partial charge < -0.3 is 18.9 Å². The highest BCUT2D eigenvalue weighted by atomic mass is 31.2. The molecule has 56 heavy (non-hydrogen) atoms. The molecule has 0 fully saturated rings. The van der Waals surface area contributed by atoms with Crippen molar-refractivity contribution in [3.8, 4) is 0 Å². The van der Waals surface area contributed by atoms with Crippen LogP contribution in [0.5, 0.6) is 0 Å². The first-order valence-corrected chi connectivity index (χ1v) is 24.6. The van der Waals surface area contributed by atoms with Crippen molar-refractivity contribution in [3.63, 3.8) is 0 Å². The lowest BCUT2D eigenvalue weighted by Gasteiger charge is -2.24. The van der Waals surface area contributed by atoms with Gasteiger partial charge >= 0.3 is 19.8 Å². The summed E-state index contributed by atoms with van der Waals surface area (Å²) in [5.41, 5.74) is 0. The Morgan fingerprint density at radius 1 is 0.536 bits per heavy atom. The molecule has 0 saturated heterocycles. The zero-order valence-corrected chi connectivity index (χ0v) is 38.0. The van der Waals surface area contributed by atoms with Gasteiger partial charge in [0.2, 0.25) is 0 Å². The summed E-state index contributed by atoms with van der Waals surface area (Å²) in [4.78, 5) is 35.4. The summed E-state index contributed by atoms with van der Waals surface area (Å²) in [6, 6.07) is 0. The van der Waals surface area contributed by atoms with Gasteiger partial charge in [-0.3, -0.25) is 18.6 Å². The summed E-state index contributed by atoms with van der Waals surface area (Å²) in [5, 5.41) is 0. The smallest absolute Gasteiger partial charge is 0.462 e. The number of unbranched alkanes of at least 4 members (excludes halogenated alkanes) is 24. The molecule has 0 aliphatic rings. The molecule has 0 aliphatic carbocycles. The number of hydrogen-bond donors (Lipinski definition) is 1. The Kier molecular flexibility index (Phi) is 37.9. The van der Waals surface area contributed by atoms with Crippen molar-refractivity contribution < 1.29 is 42.1 Å². The Labute approximate surface area is 345 Å². The average Bonchev–Trinajstić information content (AvgIpc) is 3.15. The lowest BCUT2D eigenvalue weighted by atomic mass is 10.1. The average molecular weight is 815 g/mol. The van der Waals surface area contributed by atoms with E-state index in [1.54, 1.807) is 0 Å². The molecule has 0 aliphatic heterocycles. The van der Waals surface area contributed by atoms with Crippen molar-refractivity contribution in [2.24, 2.45) is 0 Å². The molecule has 330 valence electrons. The Morgan fingerprint density at radius 2 is 0.911 bits per heavy atom. The molecule has 9 nitrogen and oxygen atoms in total. The Bertz CT molecular complexity index is 1010. The van der Waals surface area contributed by atoms with Crippen molar-refractivity contribution in [3.05, 3.63) is 24.3 Å². The van der Waals surface area contributed by atoms with Crippen LogP contribution in [-0.2, 0) is 32.7 Å². The zero-order valence-electron chi connectivity index (χ0n) is 37.1. The third-order valence-corrected chi connectivity index (χ3v) is 10.9. The number of quaternary nitrogens is 1. The quantitative estimate of drug-likeness (QED) is 0.0213. The SMILES string of the molecule is CCCCCC/C=C/CCCCCCCCCCCC(=O)O[C@H](COC(=O)CCCCCCC/C=C/CCCCCCCC)COP(=O)(O)OCC[N+](C)(C)C. The van der Waals surface area contributed by atoms with E-state index in [-0.39, 0.29) is 32.0 Å². The van der Waals surface area contributed by atoms with Crippen molar-refractivity contribution >= 4 is 19.8 Å². The van der Waals surface area contributed by atoms with Crippen LogP contribution in [0.1, 0.15) is 206 Å². The number of allylic oxidation sites excluding steroid dienone is 4.